The van der Waals surface area contributed by atoms with Crippen molar-refractivity contribution in [1.29, 1.82) is 0 Å². The van der Waals surface area contributed by atoms with E-state index in [1.807, 2.05) is 31.2 Å². The molecular formula is C13H12BrN5OS. The van der Waals surface area contributed by atoms with Gasteiger partial charge in [-0.3, -0.25) is 15.1 Å². The quantitative estimate of drug-likeness (QED) is 0.884. The van der Waals surface area contributed by atoms with Gasteiger partial charge in [-0.05, 0) is 25.1 Å². The highest BCUT2D eigenvalue weighted by molar-refractivity contribution is 9.10. The van der Waals surface area contributed by atoms with Gasteiger partial charge in [0.1, 0.15) is 0 Å². The predicted molar refractivity (Wildman–Crippen MR) is 86.0 cm³/mol. The number of nitrogens with zero attached hydrogens (tertiary/aromatic N) is 4. The fraction of sp³-hybridized carbons (Fsp3) is 0.231. The monoisotopic (exact) mass is 365 g/mol. The van der Waals surface area contributed by atoms with Gasteiger partial charge in [-0.1, -0.05) is 39.0 Å². The number of hydrogen-bond acceptors (Lipinski definition) is 5. The Kier molecular flexibility index (Phi) is 4.07. The molecule has 0 fully saturated rings. The zero-order valence-corrected chi connectivity index (χ0v) is 13.6. The number of carbonyl (C=O) groups excluding carboxylic acids is 1. The molecule has 2 aromatic rings. The summed E-state index contributed by atoms with van der Waals surface area (Å²) >= 11 is 4.95. The highest BCUT2D eigenvalue weighted by Crippen LogP contribution is 2.17. The first-order valence-electron chi connectivity index (χ1n) is 6.32. The maximum Gasteiger partial charge on any atom is 0.279 e. The number of halogens is 1. The molecule has 1 aromatic carbocycles. The minimum absolute atomic E-state index is 0.276. The van der Waals surface area contributed by atoms with Gasteiger partial charge in [0.05, 0.1) is 17.9 Å². The molecule has 1 aliphatic rings. The van der Waals surface area contributed by atoms with E-state index in [9.17, 15) is 4.79 Å². The summed E-state index contributed by atoms with van der Waals surface area (Å²) in [4.78, 5) is 16.4. The number of amides is 1. The molecule has 8 heteroatoms. The van der Waals surface area contributed by atoms with Crippen molar-refractivity contribution in [2.75, 3.05) is 12.3 Å². The van der Waals surface area contributed by atoms with Gasteiger partial charge in [-0.15, -0.1) is 5.10 Å². The summed E-state index contributed by atoms with van der Waals surface area (Å²) in [6.07, 6.45) is 0. The lowest BCUT2D eigenvalue weighted by Crippen LogP contribution is -2.28. The Balaban J connectivity index is 1.86. The fourth-order valence-electron chi connectivity index (χ4n) is 1.96. The van der Waals surface area contributed by atoms with E-state index in [1.54, 1.807) is 4.68 Å². The number of carbonyl (C=O) groups is 1. The Morgan fingerprint density at radius 3 is 3.05 bits per heavy atom. The lowest BCUT2D eigenvalue weighted by Gasteiger charge is -2.04. The number of thioether (sulfide) groups is 1. The van der Waals surface area contributed by atoms with E-state index < -0.39 is 0 Å². The molecule has 0 spiro atoms. The highest BCUT2D eigenvalue weighted by Gasteiger charge is 2.20. The fourth-order valence-corrected chi connectivity index (χ4v) is 3.07. The molecule has 3 rings (SSSR count). The average molecular weight is 366 g/mol. The molecule has 0 atom stereocenters. The number of hydrogen-bond donors (Lipinski definition) is 1. The van der Waals surface area contributed by atoms with Crippen LogP contribution in [0.3, 0.4) is 0 Å². The van der Waals surface area contributed by atoms with Gasteiger partial charge in [0, 0.05) is 10.2 Å². The van der Waals surface area contributed by atoms with E-state index in [-0.39, 0.29) is 5.91 Å². The number of nitrogens with one attached hydrogen (secondary N) is 1. The molecule has 0 unspecified atom stereocenters. The van der Waals surface area contributed by atoms with Crippen molar-refractivity contribution in [3.63, 3.8) is 0 Å². The van der Waals surface area contributed by atoms with Crippen LogP contribution in [0, 0.1) is 6.92 Å². The number of benzene rings is 1. The molecule has 6 nitrogen and oxygen atoms in total. The van der Waals surface area contributed by atoms with E-state index >= 15 is 0 Å². The maximum absolute atomic E-state index is 12.2. The first-order valence-corrected chi connectivity index (χ1v) is 8.10. The SMILES string of the molecule is Cc1c(C(=O)NC2=NCCS2)nnn1-c1cccc(Br)c1. The smallest absolute Gasteiger partial charge is 0.279 e. The summed E-state index contributed by atoms with van der Waals surface area (Å²) in [5.74, 6) is 0.626. The molecule has 0 saturated heterocycles. The minimum atomic E-state index is -0.276. The number of amidine groups is 1. The van der Waals surface area contributed by atoms with Crippen LogP contribution in [0.1, 0.15) is 16.2 Å². The second-order valence-corrected chi connectivity index (χ2v) is 6.40. The van der Waals surface area contributed by atoms with E-state index in [1.165, 1.54) is 11.8 Å². The second kappa shape index (κ2) is 5.98. The molecule has 0 bridgehead atoms. The molecule has 0 aliphatic carbocycles. The molecule has 108 valence electrons. The lowest BCUT2D eigenvalue weighted by atomic mass is 10.3. The van der Waals surface area contributed by atoms with Crippen LogP contribution in [0.4, 0.5) is 0 Å². The van der Waals surface area contributed by atoms with Crippen LogP contribution in [0.15, 0.2) is 33.7 Å². The van der Waals surface area contributed by atoms with E-state index in [0.717, 1.165) is 22.5 Å². The summed E-state index contributed by atoms with van der Waals surface area (Å²) in [7, 11) is 0. The standard InChI is InChI=1S/C13H12BrN5OS/c1-8-11(12(20)16-13-15-5-6-21-13)17-18-19(8)10-4-2-3-9(14)7-10/h2-4,7H,5-6H2,1H3,(H,15,16,20). The molecule has 0 radical (unpaired) electrons. The summed E-state index contributed by atoms with van der Waals surface area (Å²) in [5, 5.41) is 11.5. The number of aromatic nitrogens is 3. The topological polar surface area (TPSA) is 72.2 Å². The highest BCUT2D eigenvalue weighted by atomic mass is 79.9. The summed E-state index contributed by atoms with van der Waals surface area (Å²) in [5.41, 5.74) is 1.85. The second-order valence-electron chi connectivity index (χ2n) is 4.40. The Hall–Kier alpha value is -1.67. The Morgan fingerprint density at radius 1 is 1.48 bits per heavy atom. The third kappa shape index (κ3) is 3.01. The van der Waals surface area contributed by atoms with Crippen molar-refractivity contribution >= 4 is 38.8 Å². The van der Waals surface area contributed by atoms with Crippen LogP contribution >= 0.6 is 27.7 Å². The summed E-state index contributed by atoms with van der Waals surface area (Å²) in [6, 6.07) is 7.66. The first-order chi connectivity index (χ1) is 10.1. The predicted octanol–water partition coefficient (Wildman–Crippen LogP) is 2.17. The largest absolute Gasteiger partial charge is 0.300 e. The Morgan fingerprint density at radius 2 is 2.33 bits per heavy atom. The van der Waals surface area contributed by atoms with Crippen molar-refractivity contribution in [2.45, 2.75) is 6.92 Å². The Bertz CT molecular complexity index is 727. The molecule has 1 N–H and O–H groups in total. The lowest BCUT2D eigenvalue weighted by molar-refractivity contribution is 0.0972. The van der Waals surface area contributed by atoms with Crippen molar-refractivity contribution in [3.8, 4) is 5.69 Å². The molecule has 21 heavy (non-hydrogen) atoms. The van der Waals surface area contributed by atoms with E-state index in [0.29, 0.717) is 16.6 Å². The third-order valence-corrected chi connectivity index (χ3v) is 4.35. The van der Waals surface area contributed by atoms with Crippen molar-refractivity contribution in [1.82, 2.24) is 20.3 Å². The van der Waals surface area contributed by atoms with Crippen molar-refractivity contribution in [2.24, 2.45) is 4.99 Å². The van der Waals surface area contributed by atoms with Gasteiger partial charge in [-0.2, -0.15) is 0 Å². The van der Waals surface area contributed by atoms with E-state index in [4.69, 9.17) is 0 Å². The van der Waals surface area contributed by atoms with Crippen LogP contribution < -0.4 is 5.32 Å². The normalized spacial score (nSPS) is 14.1. The van der Waals surface area contributed by atoms with Crippen LogP contribution in [-0.2, 0) is 0 Å². The number of aliphatic imine (C=N–C) groups is 1. The molecular weight excluding hydrogens is 354 g/mol. The van der Waals surface area contributed by atoms with Crippen LogP contribution in [-0.4, -0.2) is 38.4 Å². The van der Waals surface area contributed by atoms with Crippen molar-refractivity contribution in [3.05, 3.63) is 40.1 Å². The summed E-state index contributed by atoms with van der Waals surface area (Å²) < 4.78 is 2.58. The van der Waals surface area contributed by atoms with Gasteiger partial charge < -0.3 is 0 Å². The first kappa shape index (κ1) is 14.3. The zero-order valence-electron chi connectivity index (χ0n) is 11.2. The molecule has 0 saturated carbocycles. The molecule has 1 amide bonds. The van der Waals surface area contributed by atoms with Crippen LogP contribution in [0.5, 0.6) is 0 Å². The van der Waals surface area contributed by atoms with Crippen LogP contribution in [0.2, 0.25) is 0 Å². The molecule has 2 heterocycles. The maximum atomic E-state index is 12.2. The van der Waals surface area contributed by atoms with E-state index in [2.05, 4.69) is 36.6 Å². The van der Waals surface area contributed by atoms with Gasteiger partial charge in [0.15, 0.2) is 10.9 Å². The summed E-state index contributed by atoms with van der Waals surface area (Å²) in [6.45, 7) is 2.56. The van der Waals surface area contributed by atoms with Gasteiger partial charge in [0.25, 0.3) is 5.91 Å². The molecule has 1 aromatic heterocycles. The minimum Gasteiger partial charge on any atom is -0.300 e. The van der Waals surface area contributed by atoms with Crippen LogP contribution in [0.25, 0.3) is 5.69 Å². The third-order valence-electron chi connectivity index (χ3n) is 2.97. The molecule has 1 aliphatic heterocycles. The average Bonchev–Trinajstić information content (AvgIpc) is 3.08. The van der Waals surface area contributed by atoms with Crippen molar-refractivity contribution < 1.29 is 4.79 Å². The zero-order chi connectivity index (χ0) is 14.8. The van der Waals surface area contributed by atoms with Gasteiger partial charge in [-0.25, -0.2) is 4.68 Å². The van der Waals surface area contributed by atoms with Gasteiger partial charge >= 0.3 is 0 Å². The Labute approximate surface area is 134 Å². The van der Waals surface area contributed by atoms with Gasteiger partial charge in [0.2, 0.25) is 0 Å². The number of rotatable bonds is 2.